The number of nitrogen functional groups attached to an aromatic ring is 1. The van der Waals surface area contributed by atoms with E-state index in [1.54, 1.807) is 0 Å². The number of para-hydroxylation sites is 1. The lowest BCUT2D eigenvalue weighted by Crippen LogP contribution is -2.43. The van der Waals surface area contributed by atoms with E-state index < -0.39 is 14.8 Å². The maximum atomic E-state index is 13.3. The van der Waals surface area contributed by atoms with Crippen molar-refractivity contribution < 1.29 is 13.2 Å². The maximum Gasteiger partial charge on any atom is 0.219 e. The summed E-state index contributed by atoms with van der Waals surface area (Å²) in [6.45, 7) is 3.05. The maximum absolute atomic E-state index is 13.3. The molecule has 1 unspecified atom stereocenters. The van der Waals surface area contributed by atoms with Crippen molar-refractivity contribution in [3.63, 3.8) is 0 Å². The van der Waals surface area contributed by atoms with Crippen molar-refractivity contribution in [3.05, 3.63) is 65.5 Å². The second-order valence-electron chi connectivity index (χ2n) is 9.56. The number of fused-ring (bicyclic) bond motifs is 4. The van der Waals surface area contributed by atoms with Gasteiger partial charge in [-0.2, -0.15) is 0 Å². The molecule has 37 heavy (non-hydrogen) atoms. The number of aryl methyl sites for hydroxylation is 1. The van der Waals surface area contributed by atoms with Crippen molar-refractivity contribution >= 4 is 49.5 Å². The number of hydrogen-bond acceptors (Lipinski definition) is 7. The van der Waals surface area contributed by atoms with Crippen LogP contribution in [0.4, 0.5) is 11.5 Å². The van der Waals surface area contributed by atoms with Crippen LogP contribution >= 0.6 is 0 Å². The highest BCUT2D eigenvalue weighted by molar-refractivity contribution is 7.90. The SMILES string of the molecule is CCOCc1nc2c(N)nc3ccccc3c2n1CCC1(S(N)(=O)=O)CC=Cc2c(N(C)C)cccc21. The molecule has 0 amide bonds. The van der Waals surface area contributed by atoms with E-state index in [0.29, 0.717) is 35.9 Å². The molecular formula is C27H32N6O3S. The summed E-state index contributed by atoms with van der Waals surface area (Å²) in [5.41, 5.74) is 11.0. The van der Waals surface area contributed by atoms with Gasteiger partial charge in [0.25, 0.3) is 0 Å². The number of primary sulfonamides is 1. The molecule has 1 atom stereocenters. The van der Waals surface area contributed by atoms with Gasteiger partial charge in [0.2, 0.25) is 10.0 Å². The fourth-order valence-electron chi connectivity index (χ4n) is 5.38. The molecule has 4 N–H and O–H groups in total. The quantitative estimate of drug-likeness (QED) is 0.362. The second kappa shape index (κ2) is 9.44. The lowest BCUT2D eigenvalue weighted by atomic mass is 9.83. The van der Waals surface area contributed by atoms with Crippen LogP contribution in [0.3, 0.4) is 0 Å². The molecule has 0 fully saturated rings. The summed E-state index contributed by atoms with van der Waals surface area (Å²) in [5.74, 6) is 0.993. The van der Waals surface area contributed by atoms with Crippen LogP contribution in [0.1, 0.15) is 36.7 Å². The number of nitrogens with zero attached hydrogens (tertiary/aromatic N) is 4. The van der Waals surface area contributed by atoms with Gasteiger partial charge in [0.15, 0.2) is 5.82 Å². The minimum absolute atomic E-state index is 0.251. The van der Waals surface area contributed by atoms with Gasteiger partial charge in [-0.1, -0.05) is 42.5 Å². The number of rotatable bonds is 8. The first-order valence-corrected chi connectivity index (χ1v) is 13.8. The van der Waals surface area contributed by atoms with Crippen molar-refractivity contribution in [2.24, 2.45) is 5.14 Å². The molecule has 2 aromatic carbocycles. The molecular weight excluding hydrogens is 488 g/mol. The number of aromatic nitrogens is 3. The second-order valence-corrected chi connectivity index (χ2v) is 11.4. The monoisotopic (exact) mass is 520 g/mol. The smallest absolute Gasteiger partial charge is 0.219 e. The summed E-state index contributed by atoms with van der Waals surface area (Å²) < 4.78 is 33.1. The Labute approximate surface area is 216 Å². The predicted molar refractivity (Wildman–Crippen MR) is 149 cm³/mol. The molecule has 1 aliphatic carbocycles. The van der Waals surface area contributed by atoms with Crippen LogP contribution in [0, 0.1) is 0 Å². The lowest BCUT2D eigenvalue weighted by molar-refractivity contribution is 0.125. The number of pyridine rings is 1. The third-order valence-corrected chi connectivity index (χ3v) is 8.88. The molecule has 5 rings (SSSR count). The van der Waals surface area contributed by atoms with Crippen LogP contribution < -0.4 is 15.8 Å². The van der Waals surface area contributed by atoms with E-state index in [2.05, 4.69) is 4.98 Å². The Balaban J connectivity index is 1.69. The van der Waals surface area contributed by atoms with Crippen molar-refractivity contribution in [2.45, 2.75) is 37.7 Å². The molecule has 0 bridgehead atoms. The number of ether oxygens (including phenoxy) is 1. The minimum atomic E-state index is -4.00. The van der Waals surface area contributed by atoms with Crippen LogP contribution in [0.5, 0.6) is 0 Å². The normalized spacial score (nSPS) is 17.4. The van der Waals surface area contributed by atoms with Gasteiger partial charge in [-0.3, -0.25) is 0 Å². The van der Waals surface area contributed by atoms with Crippen LogP contribution in [-0.4, -0.2) is 43.7 Å². The average Bonchev–Trinajstić information content (AvgIpc) is 3.24. The molecule has 194 valence electrons. The average molecular weight is 521 g/mol. The number of anilines is 2. The number of hydrogen-bond donors (Lipinski definition) is 2. The number of benzene rings is 2. The Hall–Kier alpha value is -3.47. The molecule has 4 aromatic rings. The van der Waals surface area contributed by atoms with E-state index in [-0.39, 0.29) is 19.4 Å². The molecule has 1 aliphatic rings. The summed E-state index contributed by atoms with van der Waals surface area (Å²) in [5, 5.41) is 6.91. The first-order chi connectivity index (χ1) is 17.7. The molecule has 0 saturated carbocycles. The van der Waals surface area contributed by atoms with E-state index >= 15 is 0 Å². The summed E-state index contributed by atoms with van der Waals surface area (Å²) in [6, 6.07) is 13.5. The molecule has 0 spiro atoms. The fourth-order valence-corrected chi connectivity index (χ4v) is 6.57. The number of sulfonamides is 1. The summed E-state index contributed by atoms with van der Waals surface area (Å²) in [7, 11) is -0.117. The highest BCUT2D eigenvalue weighted by Crippen LogP contribution is 2.45. The Morgan fingerprint density at radius 1 is 1.14 bits per heavy atom. The standard InChI is InChI=1S/C27H32N6O3S/c1-4-36-17-23-31-24-25(19-9-5-6-12-21(19)30-26(24)28)33(23)16-15-27(37(29,34)35)14-8-10-18-20(27)11-7-13-22(18)32(2)3/h5-13H,4,14-17H2,1-3H3,(H2,28,30)(H2,29,34,35). The van der Waals surface area contributed by atoms with Gasteiger partial charge in [-0.15, -0.1) is 0 Å². The van der Waals surface area contributed by atoms with Crippen LogP contribution in [0.2, 0.25) is 0 Å². The van der Waals surface area contributed by atoms with Gasteiger partial charge in [-0.05, 0) is 37.5 Å². The zero-order chi connectivity index (χ0) is 26.4. The van der Waals surface area contributed by atoms with Crippen molar-refractivity contribution in [3.8, 4) is 0 Å². The molecule has 2 aromatic heterocycles. The molecule has 10 heteroatoms. The Kier molecular flexibility index (Phi) is 6.43. The van der Waals surface area contributed by atoms with Crippen LogP contribution in [-0.2, 0) is 32.7 Å². The zero-order valence-electron chi connectivity index (χ0n) is 21.3. The van der Waals surface area contributed by atoms with Gasteiger partial charge < -0.3 is 19.9 Å². The fraction of sp³-hybridized carbons (Fsp3) is 0.333. The van der Waals surface area contributed by atoms with E-state index in [4.69, 9.17) is 20.6 Å². The Morgan fingerprint density at radius 2 is 1.92 bits per heavy atom. The molecule has 0 saturated heterocycles. The van der Waals surface area contributed by atoms with Gasteiger partial charge in [0.05, 0.1) is 11.0 Å². The molecule has 2 heterocycles. The first kappa shape index (κ1) is 25.2. The Bertz CT molecular complexity index is 1630. The lowest BCUT2D eigenvalue weighted by Gasteiger charge is -2.36. The van der Waals surface area contributed by atoms with Crippen molar-refractivity contribution in [1.82, 2.24) is 14.5 Å². The van der Waals surface area contributed by atoms with Gasteiger partial charge in [0, 0.05) is 43.9 Å². The summed E-state index contributed by atoms with van der Waals surface area (Å²) in [6.07, 6.45) is 4.43. The summed E-state index contributed by atoms with van der Waals surface area (Å²) >= 11 is 0. The largest absolute Gasteiger partial charge is 0.382 e. The predicted octanol–water partition coefficient (Wildman–Crippen LogP) is 3.76. The molecule has 0 radical (unpaired) electrons. The number of nitrogens with two attached hydrogens (primary N) is 2. The van der Waals surface area contributed by atoms with E-state index in [1.165, 1.54) is 0 Å². The van der Waals surface area contributed by atoms with Crippen molar-refractivity contribution in [1.29, 1.82) is 0 Å². The first-order valence-electron chi connectivity index (χ1n) is 12.3. The molecule has 9 nitrogen and oxygen atoms in total. The highest BCUT2D eigenvalue weighted by Gasteiger charge is 2.45. The third-order valence-electron chi connectivity index (χ3n) is 7.20. The van der Waals surface area contributed by atoms with E-state index in [1.807, 2.05) is 85.1 Å². The van der Waals surface area contributed by atoms with E-state index in [0.717, 1.165) is 27.7 Å². The van der Waals surface area contributed by atoms with Gasteiger partial charge >= 0.3 is 0 Å². The van der Waals surface area contributed by atoms with E-state index in [9.17, 15) is 8.42 Å². The third kappa shape index (κ3) is 4.14. The summed E-state index contributed by atoms with van der Waals surface area (Å²) in [4.78, 5) is 11.3. The Morgan fingerprint density at radius 3 is 2.65 bits per heavy atom. The topological polar surface area (TPSA) is 129 Å². The minimum Gasteiger partial charge on any atom is -0.382 e. The highest BCUT2D eigenvalue weighted by atomic mass is 32.2. The zero-order valence-corrected chi connectivity index (χ0v) is 22.1. The number of allylic oxidation sites excluding steroid dienone is 1. The van der Waals surface area contributed by atoms with Gasteiger partial charge in [-0.25, -0.2) is 23.5 Å². The number of imidazole rings is 1. The van der Waals surface area contributed by atoms with Gasteiger partial charge in [0.1, 0.15) is 22.7 Å². The van der Waals surface area contributed by atoms with Crippen LogP contribution in [0.15, 0.2) is 48.5 Å². The van der Waals surface area contributed by atoms with Crippen molar-refractivity contribution in [2.75, 3.05) is 31.3 Å². The van der Waals surface area contributed by atoms with Crippen LogP contribution in [0.25, 0.3) is 28.0 Å². The molecule has 0 aliphatic heterocycles.